The summed E-state index contributed by atoms with van der Waals surface area (Å²) < 4.78 is 15.7. The molecule has 1 saturated heterocycles. The summed E-state index contributed by atoms with van der Waals surface area (Å²) in [5.41, 5.74) is 3.60. The molecular weight excluding hydrogens is 609 g/mol. The zero-order valence-electron chi connectivity index (χ0n) is 27.3. The predicted molar refractivity (Wildman–Crippen MR) is 180 cm³/mol. The second kappa shape index (κ2) is 15.0. The number of aliphatic carboxylic acids is 1. The maximum atomic E-state index is 15.7. The van der Waals surface area contributed by atoms with Crippen molar-refractivity contribution >= 4 is 41.0 Å². The molecule has 2 atom stereocenters. The van der Waals surface area contributed by atoms with Gasteiger partial charge >= 0.3 is 5.97 Å². The number of piperazine rings is 1. The predicted octanol–water partition coefficient (Wildman–Crippen LogP) is 6.15. The Morgan fingerprint density at radius 3 is 2.24 bits per heavy atom. The van der Waals surface area contributed by atoms with Crippen LogP contribution in [0.25, 0.3) is 11.1 Å². The number of aryl methyl sites for hydroxylation is 3. The largest absolute Gasteiger partial charge is 0.481 e. The number of anilines is 2. The van der Waals surface area contributed by atoms with Crippen molar-refractivity contribution in [3.63, 3.8) is 0 Å². The van der Waals surface area contributed by atoms with Gasteiger partial charge < -0.3 is 25.5 Å². The maximum Gasteiger partial charge on any atom is 0.305 e. The van der Waals surface area contributed by atoms with E-state index in [-0.39, 0.29) is 17.9 Å². The van der Waals surface area contributed by atoms with Crippen LogP contribution < -0.4 is 15.5 Å². The lowest BCUT2D eigenvalue weighted by atomic mass is 9.90. The molecule has 1 aliphatic heterocycles. The van der Waals surface area contributed by atoms with Crippen LogP contribution >= 0.6 is 11.6 Å². The highest BCUT2D eigenvalue weighted by Crippen LogP contribution is 2.35. The number of hydrogen-bond donors (Lipinski definition) is 3. The van der Waals surface area contributed by atoms with Crippen molar-refractivity contribution in [1.82, 2.24) is 15.2 Å². The fraction of sp³-hybridized carbons (Fsp3) is 0.429. The summed E-state index contributed by atoms with van der Waals surface area (Å²) in [6.07, 6.45) is -0.380. The van der Waals surface area contributed by atoms with E-state index in [4.69, 9.17) is 11.6 Å². The number of nitrogens with one attached hydrogen (secondary N) is 2. The van der Waals surface area contributed by atoms with Crippen LogP contribution in [0.4, 0.5) is 16.0 Å². The average Bonchev–Trinajstić information content (AvgIpc) is 2.96. The van der Waals surface area contributed by atoms with Gasteiger partial charge in [-0.15, -0.1) is 0 Å². The second-order valence-electron chi connectivity index (χ2n) is 12.6. The molecule has 0 bridgehead atoms. The monoisotopic (exact) mass is 651 g/mol. The zero-order chi connectivity index (χ0) is 33.7. The first-order chi connectivity index (χ1) is 21.7. The molecule has 11 heteroatoms. The van der Waals surface area contributed by atoms with Crippen LogP contribution in [-0.2, 0) is 14.4 Å². The molecular formula is C35H43ClFN5O4. The van der Waals surface area contributed by atoms with Crippen molar-refractivity contribution in [3.8, 4) is 11.1 Å². The molecule has 2 heterocycles. The van der Waals surface area contributed by atoms with Crippen molar-refractivity contribution in [2.24, 2.45) is 11.8 Å². The lowest BCUT2D eigenvalue weighted by Gasteiger charge is -2.33. The van der Waals surface area contributed by atoms with Gasteiger partial charge in [0, 0.05) is 36.8 Å². The highest BCUT2D eigenvalue weighted by molar-refractivity contribution is 6.30. The van der Waals surface area contributed by atoms with Gasteiger partial charge in [-0.05, 0) is 104 Å². The molecule has 46 heavy (non-hydrogen) atoms. The molecule has 4 rings (SSSR count). The van der Waals surface area contributed by atoms with Crippen molar-refractivity contribution in [2.75, 3.05) is 43.4 Å². The normalized spacial score (nSPS) is 15.0. The molecule has 2 amide bonds. The number of aromatic nitrogens is 1. The van der Waals surface area contributed by atoms with Crippen LogP contribution in [-0.4, -0.2) is 66.0 Å². The first kappa shape index (κ1) is 34.8. The van der Waals surface area contributed by atoms with E-state index < -0.39 is 42.0 Å². The van der Waals surface area contributed by atoms with Gasteiger partial charge in [-0.1, -0.05) is 31.5 Å². The van der Waals surface area contributed by atoms with Gasteiger partial charge in [0.15, 0.2) is 0 Å². The number of likely N-dealkylation sites (N-methyl/N-ethyl adjacent to an activating group) is 1. The third kappa shape index (κ3) is 8.61. The topological polar surface area (TPSA) is 115 Å². The molecule has 0 unspecified atom stereocenters. The molecule has 0 radical (unpaired) electrons. The van der Waals surface area contributed by atoms with Crippen molar-refractivity contribution in [3.05, 3.63) is 75.6 Å². The number of halogens is 2. The minimum atomic E-state index is -1.22. The summed E-state index contributed by atoms with van der Waals surface area (Å²) in [6, 6.07) is 11.0. The smallest absolute Gasteiger partial charge is 0.305 e. The van der Waals surface area contributed by atoms with Crippen molar-refractivity contribution < 1.29 is 23.9 Å². The molecule has 0 saturated carbocycles. The van der Waals surface area contributed by atoms with Crippen molar-refractivity contribution in [2.45, 2.75) is 53.5 Å². The molecule has 1 aliphatic rings. The van der Waals surface area contributed by atoms with Crippen LogP contribution in [0, 0.1) is 38.4 Å². The summed E-state index contributed by atoms with van der Waals surface area (Å²) in [6.45, 7) is 12.6. The molecule has 3 N–H and O–H groups in total. The fourth-order valence-corrected chi connectivity index (χ4v) is 6.30. The lowest BCUT2D eigenvalue weighted by molar-refractivity contribution is -0.138. The Kier molecular flexibility index (Phi) is 11.4. The molecule has 1 aromatic heterocycles. The minimum Gasteiger partial charge on any atom is -0.481 e. The quantitative estimate of drug-likeness (QED) is 0.213. The van der Waals surface area contributed by atoms with Gasteiger partial charge in [-0.2, -0.15) is 0 Å². The Morgan fingerprint density at radius 1 is 0.978 bits per heavy atom. The highest BCUT2D eigenvalue weighted by Gasteiger charge is 2.32. The van der Waals surface area contributed by atoms with Crippen LogP contribution in [0.15, 0.2) is 42.5 Å². The van der Waals surface area contributed by atoms with Crippen LogP contribution in [0.1, 0.15) is 55.0 Å². The number of amides is 2. The van der Waals surface area contributed by atoms with Gasteiger partial charge in [0.2, 0.25) is 11.8 Å². The number of pyridine rings is 1. The number of hydrogen-bond acceptors (Lipinski definition) is 6. The van der Waals surface area contributed by atoms with E-state index in [1.165, 1.54) is 0 Å². The highest BCUT2D eigenvalue weighted by atomic mass is 35.5. The molecule has 9 nitrogen and oxygen atoms in total. The van der Waals surface area contributed by atoms with E-state index in [2.05, 4.69) is 32.5 Å². The number of nitrogens with zero attached hydrogens (tertiary/aromatic N) is 3. The van der Waals surface area contributed by atoms with E-state index >= 15 is 4.39 Å². The summed E-state index contributed by atoms with van der Waals surface area (Å²) in [7, 11) is 2.07. The van der Waals surface area contributed by atoms with E-state index in [1.807, 2.05) is 45.9 Å². The zero-order valence-corrected chi connectivity index (χ0v) is 28.0. The summed E-state index contributed by atoms with van der Waals surface area (Å²) in [5, 5.41) is 15.9. The summed E-state index contributed by atoms with van der Waals surface area (Å²) in [4.78, 5) is 48.3. The van der Waals surface area contributed by atoms with E-state index in [0.717, 1.165) is 48.7 Å². The summed E-state index contributed by atoms with van der Waals surface area (Å²) in [5.74, 6) is -3.26. The minimum absolute atomic E-state index is 0.0322. The first-order valence-electron chi connectivity index (χ1n) is 15.5. The Morgan fingerprint density at radius 2 is 1.63 bits per heavy atom. The molecule has 2 aromatic carbocycles. The van der Waals surface area contributed by atoms with Gasteiger partial charge in [0.05, 0.1) is 12.5 Å². The fourth-order valence-electron chi connectivity index (χ4n) is 5.97. The average molecular weight is 652 g/mol. The number of carboxylic acid groups (broad SMARTS) is 1. The van der Waals surface area contributed by atoms with Gasteiger partial charge in [-0.3, -0.25) is 14.4 Å². The van der Waals surface area contributed by atoms with Crippen LogP contribution in [0.2, 0.25) is 5.02 Å². The standard InChI is InChI=1S/C35H43ClFN5O4/c1-20(2)14-27(35(46)40-29-8-7-9-30(39-29)42-12-10-41(6)11-13-42)34(45)38-28(19-31(43)44)26-18-24(15-23(5)33(26)37)32-21(3)16-25(36)17-22(32)4/h7-9,15-18,20,27-28H,10-14,19H2,1-6H3,(H,38,45)(H,43,44)(H,39,40,46)/t27-,28-/m0/s1. The Bertz CT molecular complexity index is 1580. The lowest BCUT2D eigenvalue weighted by Crippen LogP contribution is -2.45. The number of carbonyl (C=O) groups excluding carboxylic acids is 2. The van der Waals surface area contributed by atoms with Gasteiger partial charge in [0.25, 0.3) is 0 Å². The number of benzene rings is 2. The third-order valence-electron chi connectivity index (χ3n) is 8.29. The first-order valence-corrected chi connectivity index (χ1v) is 15.9. The van der Waals surface area contributed by atoms with Gasteiger partial charge in [-0.25, -0.2) is 9.37 Å². The molecule has 246 valence electrons. The molecule has 3 aromatic rings. The van der Waals surface area contributed by atoms with Crippen LogP contribution in [0.3, 0.4) is 0 Å². The third-order valence-corrected chi connectivity index (χ3v) is 8.51. The maximum absolute atomic E-state index is 15.7. The van der Waals surface area contributed by atoms with Crippen molar-refractivity contribution in [1.29, 1.82) is 0 Å². The second-order valence-corrected chi connectivity index (χ2v) is 13.0. The van der Waals surface area contributed by atoms with E-state index in [9.17, 15) is 19.5 Å². The molecule has 1 fully saturated rings. The molecule has 0 aliphatic carbocycles. The number of rotatable bonds is 11. The van der Waals surface area contributed by atoms with Gasteiger partial charge in [0.1, 0.15) is 23.4 Å². The Balaban J connectivity index is 1.62. The number of carboxylic acids is 1. The SMILES string of the molecule is Cc1cc(-c2c(C)cc(Cl)cc2C)cc([C@H](CC(=O)O)NC(=O)[C@H](CC(C)C)C(=O)Nc2cccc(N3CCN(C)CC3)n2)c1F. The Labute approximate surface area is 275 Å². The summed E-state index contributed by atoms with van der Waals surface area (Å²) >= 11 is 6.24. The Hall–Kier alpha value is -4.02. The van der Waals surface area contributed by atoms with E-state index in [0.29, 0.717) is 22.0 Å². The number of carbonyl (C=O) groups is 3. The van der Waals surface area contributed by atoms with Crippen LogP contribution in [0.5, 0.6) is 0 Å². The van der Waals surface area contributed by atoms with E-state index in [1.54, 1.807) is 31.2 Å². The molecule has 0 spiro atoms.